The van der Waals surface area contributed by atoms with Gasteiger partial charge in [0.1, 0.15) is 0 Å². The zero-order chi connectivity index (χ0) is 19.7. The van der Waals surface area contributed by atoms with Crippen molar-refractivity contribution in [3.63, 3.8) is 0 Å². The minimum absolute atomic E-state index is 0.109. The van der Waals surface area contributed by atoms with Crippen LogP contribution < -0.4 is 5.32 Å². The third-order valence-electron chi connectivity index (χ3n) is 5.41. The highest BCUT2D eigenvalue weighted by atomic mass is 15.0. The van der Waals surface area contributed by atoms with Gasteiger partial charge in [0, 0.05) is 12.1 Å². The van der Waals surface area contributed by atoms with E-state index in [-0.39, 0.29) is 11.5 Å². The molecular weight excluding hydrogens is 340 g/mol. The lowest BCUT2D eigenvalue weighted by atomic mass is 9.86. The van der Waals surface area contributed by atoms with Crippen molar-refractivity contribution >= 4 is 11.4 Å². The summed E-state index contributed by atoms with van der Waals surface area (Å²) in [7, 11) is 0. The number of nitrogens with zero attached hydrogens (tertiary/aromatic N) is 1. The number of nitrogens with one attached hydrogen (secondary N) is 1. The zero-order valence-corrected chi connectivity index (χ0v) is 17.2. The number of hydrogen-bond donors (Lipinski definition) is 1. The fourth-order valence-electron chi connectivity index (χ4n) is 3.70. The van der Waals surface area contributed by atoms with E-state index in [0.29, 0.717) is 0 Å². The van der Waals surface area contributed by atoms with Crippen molar-refractivity contribution < 1.29 is 0 Å². The fourth-order valence-corrected chi connectivity index (χ4v) is 3.70. The van der Waals surface area contributed by atoms with Crippen LogP contribution in [0.25, 0.3) is 0 Å². The molecule has 2 heteroatoms. The summed E-state index contributed by atoms with van der Waals surface area (Å²) in [5.41, 5.74) is 8.71. The quantitative estimate of drug-likeness (QED) is 0.577. The first kappa shape index (κ1) is 18.6. The van der Waals surface area contributed by atoms with E-state index in [9.17, 15) is 0 Å². The van der Waals surface area contributed by atoms with Crippen LogP contribution in [-0.2, 0) is 12.0 Å². The van der Waals surface area contributed by atoms with Crippen LogP contribution in [0.15, 0.2) is 77.8 Å². The highest BCUT2D eigenvalue weighted by Crippen LogP contribution is 2.36. The summed E-state index contributed by atoms with van der Waals surface area (Å²) < 4.78 is 0. The van der Waals surface area contributed by atoms with Crippen molar-refractivity contribution in [3.8, 4) is 0 Å². The number of aliphatic imine (C=N–C) groups is 1. The molecule has 0 radical (unpaired) electrons. The highest BCUT2D eigenvalue weighted by molar-refractivity contribution is 6.09. The predicted molar refractivity (Wildman–Crippen MR) is 119 cm³/mol. The molecule has 1 atom stereocenters. The van der Waals surface area contributed by atoms with E-state index in [0.717, 1.165) is 17.9 Å². The molecule has 1 N–H and O–H groups in total. The van der Waals surface area contributed by atoms with Crippen LogP contribution in [0.2, 0.25) is 0 Å². The maximum absolute atomic E-state index is 4.96. The molecule has 28 heavy (non-hydrogen) atoms. The van der Waals surface area contributed by atoms with Crippen molar-refractivity contribution in [2.24, 2.45) is 4.99 Å². The largest absolute Gasteiger partial charge is 0.301 e. The lowest BCUT2D eigenvalue weighted by molar-refractivity contribution is 0.587. The summed E-state index contributed by atoms with van der Waals surface area (Å²) in [6.07, 6.45) is 0. The van der Waals surface area contributed by atoms with Crippen molar-refractivity contribution in [2.45, 2.75) is 45.7 Å². The van der Waals surface area contributed by atoms with E-state index in [4.69, 9.17) is 4.99 Å². The number of benzene rings is 3. The van der Waals surface area contributed by atoms with Crippen LogP contribution in [0.3, 0.4) is 0 Å². The predicted octanol–water partition coefficient (Wildman–Crippen LogP) is 6.26. The summed E-state index contributed by atoms with van der Waals surface area (Å²) >= 11 is 0. The van der Waals surface area contributed by atoms with Crippen LogP contribution >= 0.6 is 0 Å². The van der Waals surface area contributed by atoms with E-state index in [1.54, 1.807) is 0 Å². The molecule has 2 nitrogen and oxygen atoms in total. The molecule has 0 saturated carbocycles. The normalized spacial score (nSPS) is 16.0. The highest BCUT2D eigenvalue weighted by Gasteiger charge is 2.27. The van der Waals surface area contributed by atoms with Gasteiger partial charge in [-0.1, -0.05) is 93.1 Å². The molecular formula is C26H28N2. The number of hydrogen-bond acceptors (Lipinski definition) is 2. The van der Waals surface area contributed by atoms with Gasteiger partial charge in [0.2, 0.25) is 0 Å². The molecule has 142 valence electrons. The number of fused-ring (bicyclic) bond motifs is 1. The first-order valence-corrected chi connectivity index (χ1v) is 9.99. The lowest BCUT2D eigenvalue weighted by Gasteiger charge is -2.21. The minimum Gasteiger partial charge on any atom is -0.301 e. The number of aryl methyl sites for hydroxylation is 1. The lowest BCUT2D eigenvalue weighted by Crippen LogP contribution is -2.27. The van der Waals surface area contributed by atoms with Gasteiger partial charge in [0.25, 0.3) is 0 Å². The van der Waals surface area contributed by atoms with Gasteiger partial charge in [-0.2, -0.15) is 0 Å². The average molecular weight is 369 g/mol. The van der Waals surface area contributed by atoms with Crippen molar-refractivity contribution in [1.29, 1.82) is 0 Å². The van der Waals surface area contributed by atoms with Crippen LogP contribution in [-0.4, -0.2) is 5.71 Å². The van der Waals surface area contributed by atoms with Crippen molar-refractivity contribution in [2.75, 3.05) is 0 Å². The van der Waals surface area contributed by atoms with Gasteiger partial charge in [0.15, 0.2) is 0 Å². The maximum Gasteiger partial charge on any atom is 0.0781 e. The second-order valence-electron chi connectivity index (χ2n) is 8.69. The third kappa shape index (κ3) is 3.79. The molecule has 0 amide bonds. The Kier molecular flexibility index (Phi) is 4.91. The second-order valence-corrected chi connectivity index (χ2v) is 8.69. The average Bonchev–Trinajstić information content (AvgIpc) is 3.05. The topological polar surface area (TPSA) is 24.4 Å². The maximum atomic E-state index is 4.96. The Hall–Kier alpha value is -2.71. The fraction of sp³-hybridized carbons (Fsp3) is 0.269. The standard InChI is InChI=1S/C26H28N2/c1-18-12-14-20(15-13-18)24-25(22-10-5-6-11-23(22)28-24)27-17-19-8-7-9-21(16-19)26(2,3)4/h5-16,25,27H,17H2,1-4H3. The molecule has 0 bridgehead atoms. The van der Waals surface area contributed by atoms with Gasteiger partial charge in [-0.25, -0.2) is 0 Å². The van der Waals surface area contributed by atoms with E-state index < -0.39 is 0 Å². The third-order valence-corrected chi connectivity index (χ3v) is 5.41. The Morgan fingerprint density at radius 2 is 1.64 bits per heavy atom. The minimum atomic E-state index is 0.109. The number of rotatable bonds is 4. The van der Waals surface area contributed by atoms with E-state index >= 15 is 0 Å². The van der Waals surface area contributed by atoms with Crippen LogP contribution in [0.4, 0.5) is 5.69 Å². The summed E-state index contributed by atoms with van der Waals surface area (Å²) in [6, 6.07) is 26.1. The van der Waals surface area contributed by atoms with Crippen LogP contribution in [0, 0.1) is 6.92 Å². The molecule has 1 aliphatic heterocycles. The van der Waals surface area contributed by atoms with Gasteiger partial charge in [-0.3, -0.25) is 4.99 Å². The Balaban J connectivity index is 1.61. The second kappa shape index (κ2) is 7.37. The van der Waals surface area contributed by atoms with Crippen LogP contribution in [0.1, 0.15) is 54.6 Å². The molecule has 0 saturated heterocycles. The molecule has 1 unspecified atom stereocenters. The van der Waals surface area contributed by atoms with Gasteiger partial charge in [-0.15, -0.1) is 0 Å². The molecule has 0 aromatic heterocycles. The molecule has 0 aliphatic carbocycles. The molecule has 4 rings (SSSR count). The smallest absolute Gasteiger partial charge is 0.0781 e. The Labute approximate surface area is 168 Å². The molecule has 1 heterocycles. The summed E-state index contributed by atoms with van der Waals surface area (Å²) in [5.74, 6) is 0. The van der Waals surface area contributed by atoms with E-state index in [2.05, 4.69) is 106 Å². The van der Waals surface area contributed by atoms with Gasteiger partial charge in [-0.05, 0) is 35.1 Å². The zero-order valence-electron chi connectivity index (χ0n) is 17.2. The van der Waals surface area contributed by atoms with Crippen molar-refractivity contribution in [3.05, 3.63) is 101 Å². The molecule has 3 aromatic rings. The Bertz CT molecular complexity index is 1010. The first-order chi connectivity index (χ1) is 13.4. The van der Waals surface area contributed by atoms with Gasteiger partial charge in [0.05, 0.1) is 17.4 Å². The Morgan fingerprint density at radius 3 is 2.39 bits per heavy atom. The summed E-state index contributed by atoms with van der Waals surface area (Å²) in [4.78, 5) is 4.96. The molecule has 0 spiro atoms. The summed E-state index contributed by atoms with van der Waals surface area (Å²) in [5, 5.41) is 3.77. The van der Waals surface area contributed by atoms with E-state index in [1.165, 1.54) is 27.8 Å². The molecule has 1 aliphatic rings. The Morgan fingerprint density at radius 1 is 0.893 bits per heavy atom. The monoisotopic (exact) mass is 368 g/mol. The van der Waals surface area contributed by atoms with Crippen molar-refractivity contribution in [1.82, 2.24) is 5.32 Å². The molecule has 0 fully saturated rings. The van der Waals surface area contributed by atoms with Crippen LogP contribution in [0.5, 0.6) is 0 Å². The van der Waals surface area contributed by atoms with Gasteiger partial charge >= 0.3 is 0 Å². The summed E-state index contributed by atoms with van der Waals surface area (Å²) in [6.45, 7) is 9.71. The van der Waals surface area contributed by atoms with E-state index in [1.807, 2.05) is 0 Å². The number of para-hydroxylation sites is 1. The SMILES string of the molecule is Cc1ccc(C2=Nc3ccccc3C2NCc2cccc(C(C)(C)C)c2)cc1. The molecule has 3 aromatic carbocycles. The van der Waals surface area contributed by atoms with Gasteiger partial charge < -0.3 is 5.32 Å². The first-order valence-electron chi connectivity index (χ1n) is 9.99.